The largest absolute Gasteiger partial charge is 0.310 e. The third-order valence-electron chi connectivity index (χ3n) is 13.0. The minimum Gasteiger partial charge on any atom is -0.310 e. The van der Waals surface area contributed by atoms with Gasteiger partial charge in [-0.25, -0.2) is 0 Å². The van der Waals surface area contributed by atoms with Gasteiger partial charge < -0.3 is 4.90 Å². The second kappa shape index (κ2) is 13.7. The summed E-state index contributed by atoms with van der Waals surface area (Å²) in [4.78, 5) is 2.47. The lowest BCUT2D eigenvalue weighted by Crippen LogP contribution is -2.28. The van der Waals surface area contributed by atoms with Gasteiger partial charge in [0.25, 0.3) is 0 Å². The molecular weight excluding hydrogens is 711 g/mol. The molecule has 0 saturated heterocycles. The van der Waals surface area contributed by atoms with Crippen molar-refractivity contribution >= 4 is 17.1 Å². The highest BCUT2D eigenvalue weighted by atomic mass is 15.1. The highest BCUT2D eigenvalue weighted by molar-refractivity contribution is 5.94. The first-order chi connectivity index (χ1) is 29.0. The molecule has 0 heterocycles. The van der Waals surface area contributed by atoms with E-state index in [0.717, 1.165) is 17.1 Å². The van der Waals surface area contributed by atoms with E-state index in [1.807, 2.05) is 0 Å². The highest BCUT2D eigenvalue weighted by Gasteiger charge is 2.46. The van der Waals surface area contributed by atoms with Crippen molar-refractivity contribution in [3.63, 3.8) is 0 Å². The Morgan fingerprint density at radius 3 is 1.44 bits per heavy atom. The Balaban J connectivity index is 1.13. The van der Waals surface area contributed by atoms with Crippen molar-refractivity contribution in [2.45, 2.75) is 24.7 Å². The molecule has 0 spiro atoms. The number of anilines is 3. The maximum Gasteiger partial charge on any atom is 0.0713 e. The molecule has 59 heavy (non-hydrogen) atoms. The topological polar surface area (TPSA) is 3.24 Å². The van der Waals surface area contributed by atoms with Crippen LogP contribution < -0.4 is 4.90 Å². The molecule has 9 aromatic rings. The fraction of sp³-hybridized carbons (Fsp3) is 0.0690. The number of rotatable bonds is 7. The summed E-state index contributed by atoms with van der Waals surface area (Å²) in [5.41, 5.74) is 20.7. The summed E-state index contributed by atoms with van der Waals surface area (Å²) in [5.74, 6) is 0. The summed E-state index contributed by atoms with van der Waals surface area (Å²) >= 11 is 0. The molecule has 0 saturated carbocycles. The van der Waals surface area contributed by atoms with Crippen molar-refractivity contribution in [1.29, 1.82) is 0 Å². The summed E-state index contributed by atoms with van der Waals surface area (Å²) in [5, 5.41) is 0. The van der Waals surface area contributed by atoms with E-state index in [1.54, 1.807) is 0 Å². The van der Waals surface area contributed by atoms with E-state index < -0.39 is 5.41 Å². The van der Waals surface area contributed by atoms with Gasteiger partial charge in [-0.1, -0.05) is 202 Å². The Morgan fingerprint density at radius 2 is 0.763 bits per heavy atom. The lowest BCUT2D eigenvalue weighted by atomic mass is 9.67. The van der Waals surface area contributed by atoms with E-state index in [4.69, 9.17) is 0 Å². The lowest BCUT2D eigenvalue weighted by Gasteiger charge is -2.34. The molecule has 1 nitrogen and oxygen atoms in total. The number of hydrogen-bond donors (Lipinski definition) is 0. The summed E-state index contributed by atoms with van der Waals surface area (Å²) in [6, 6.07) is 83.0. The molecule has 0 aliphatic heterocycles. The zero-order chi connectivity index (χ0) is 39.6. The van der Waals surface area contributed by atoms with Gasteiger partial charge in [-0.3, -0.25) is 0 Å². The summed E-state index contributed by atoms with van der Waals surface area (Å²) < 4.78 is 0. The summed E-state index contributed by atoms with van der Waals surface area (Å²) in [6.45, 7) is 4.73. The summed E-state index contributed by atoms with van der Waals surface area (Å²) in [6.07, 6.45) is 0. The Morgan fingerprint density at radius 1 is 0.305 bits per heavy atom. The smallest absolute Gasteiger partial charge is 0.0713 e. The van der Waals surface area contributed by atoms with Crippen LogP contribution >= 0.6 is 0 Å². The van der Waals surface area contributed by atoms with Gasteiger partial charge in [-0.05, 0) is 109 Å². The van der Waals surface area contributed by atoms with E-state index in [-0.39, 0.29) is 5.41 Å². The minimum atomic E-state index is -0.479. The molecule has 2 aliphatic rings. The molecule has 0 bridgehead atoms. The highest BCUT2D eigenvalue weighted by Crippen LogP contribution is 2.57. The Kier molecular flexibility index (Phi) is 8.13. The normalized spacial score (nSPS) is 13.9. The van der Waals surface area contributed by atoms with Crippen molar-refractivity contribution in [1.82, 2.24) is 0 Å². The number of benzene rings is 9. The average Bonchev–Trinajstić information content (AvgIpc) is 3.73. The van der Waals surface area contributed by atoms with E-state index in [0.29, 0.717) is 0 Å². The van der Waals surface area contributed by atoms with Crippen LogP contribution in [0.4, 0.5) is 17.1 Å². The number of fused-ring (bicyclic) bond motifs is 6. The Labute approximate surface area is 347 Å². The molecule has 0 aromatic heterocycles. The van der Waals surface area contributed by atoms with Gasteiger partial charge in [0.05, 0.1) is 11.1 Å². The maximum atomic E-state index is 2.48. The Bertz CT molecular complexity index is 2960. The van der Waals surface area contributed by atoms with Crippen LogP contribution in [0.3, 0.4) is 0 Å². The van der Waals surface area contributed by atoms with Gasteiger partial charge in [0.15, 0.2) is 0 Å². The molecule has 0 fully saturated rings. The second-order valence-electron chi connectivity index (χ2n) is 16.5. The van der Waals surface area contributed by atoms with Crippen LogP contribution in [0.2, 0.25) is 0 Å². The van der Waals surface area contributed by atoms with Crippen LogP contribution in [0.5, 0.6) is 0 Å². The van der Waals surface area contributed by atoms with Gasteiger partial charge in [0, 0.05) is 22.4 Å². The molecule has 0 N–H and O–H groups in total. The fourth-order valence-corrected chi connectivity index (χ4v) is 10.2. The number of hydrogen-bond acceptors (Lipinski definition) is 1. The fourth-order valence-electron chi connectivity index (χ4n) is 10.2. The van der Waals surface area contributed by atoms with E-state index in [1.165, 1.54) is 77.9 Å². The van der Waals surface area contributed by atoms with Crippen LogP contribution in [-0.4, -0.2) is 0 Å². The van der Waals surface area contributed by atoms with Crippen LogP contribution in [0.25, 0.3) is 44.5 Å². The van der Waals surface area contributed by atoms with Gasteiger partial charge >= 0.3 is 0 Å². The zero-order valence-electron chi connectivity index (χ0n) is 33.3. The van der Waals surface area contributed by atoms with Crippen molar-refractivity contribution < 1.29 is 0 Å². The van der Waals surface area contributed by atoms with Gasteiger partial charge in [0.1, 0.15) is 0 Å². The van der Waals surface area contributed by atoms with Crippen molar-refractivity contribution in [3.8, 4) is 44.5 Å². The summed E-state index contributed by atoms with van der Waals surface area (Å²) in [7, 11) is 0. The SMILES string of the molecule is CC1(C)c2ccccc2-c2ccc(N(c3ccc(-c4ccccc4)cc3)c3ccccc3-c3ccc4c(c3)C(c3ccccc3)(c3ccccc3)c3ccccc3-4)cc21. The second-order valence-corrected chi connectivity index (χ2v) is 16.5. The molecule has 2 aliphatic carbocycles. The van der Waals surface area contributed by atoms with Crippen molar-refractivity contribution in [3.05, 3.63) is 258 Å². The van der Waals surface area contributed by atoms with Gasteiger partial charge in [0.2, 0.25) is 0 Å². The molecule has 0 radical (unpaired) electrons. The molecule has 0 amide bonds. The lowest BCUT2D eigenvalue weighted by molar-refractivity contribution is 0.660. The van der Waals surface area contributed by atoms with E-state index in [9.17, 15) is 0 Å². The quantitative estimate of drug-likeness (QED) is 0.157. The molecule has 1 heteroatoms. The third kappa shape index (κ3) is 5.39. The molecule has 0 atom stereocenters. The Hall–Kier alpha value is -7.22. The predicted octanol–water partition coefficient (Wildman–Crippen LogP) is 15.2. The minimum absolute atomic E-state index is 0.127. The molecular formula is C58H43N. The number of para-hydroxylation sites is 1. The van der Waals surface area contributed by atoms with E-state index >= 15 is 0 Å². The first kappa shape index (κ1) is 35.0. The first-order valence-electron chi connectivity index (χ1n) is 20.7. The zero-order valence-corrected chi connectivity index (χ0v) is 33.3. The molecule has 0 unspecified atom stereocenters. The third-order valence-corrected chi connectivity index (χ3v) is 13.0. The molecule has 280 valence electrons. The molecule has 9 aromatic carbocycles. The number of nitrogens with zero attached hydrogens (tertiary/aromatic N) is 1. The van der Waals surface area contributed by atoms with Crippen LogP contribution in [-0.2, 0) is 10.8 Å². The maximum absolute atomic E-state index is 2.48. The van der Waals surface area contributed by atoms with Crippen molar-refractivity contribution in [2.24, 2.45) is 0 Å². The van der Waals surface area contributed by atoms with Gasteiger partial charge in [-0.2, -0.15) is 0 Å². The first-order valence-corrected chi connectivity index (χ1v) is 20.7. The average molecular weight is 754 g/mol. The van der Waals surface area contributed by atoms with Gasteiger partial charge in [-0.15, -0.1) is 0 Å². The van der Waals surface area contributed by atoms with Crippen molar-refractivity contribution in [2.75, 3.05) is 4.90 Å². The molecule has 11 rings (SSSR count). The van der Waals surface area contributed by atoms with E-state index in [2.05, 4.69) is 243 Å². The standard InChI is InChI=1S/C58H43N/c1-57(2)52-27-15-12-25-48(52)50-37-35-46(39-54(50)57)59(45-33-30-41(31-34-45)40-18-6-3-7-19-40)56-29-17-14-24-47(56)42-32-36-51-49-26-13-16-28-53(49)58(55(51)38-42,43-20-8-4-9-21-43)44-22-10-5-11-23-44/h3-39H,1-2H3. The monoisotopic (exact) mass is 753 g/mol. The predicted molar refractivity (Wildman–Crippen MR) is 247 cm³/mol. The van der Waals surface area contributed by atoms with Crippen LogP contribution in [0.1, 0.15) is 47.2 Å². The van der Waals surface area contributed by atoms with Crippen LogP contribution in [0, 0.1) is 0 Å². The van der Waals surface area contributed by atoms with Crippen LogP contribution in [0.15, 0.2) is 224 Å².